The van der Waals surface area contributed by atoms with E-state index in [2.05, 4.69) is 4.90 Å². The Hall–Kier alpha value is -1.79. The molecule has 23 heavy (non-hydrogen) atoms. The standard InChI is InChI=1S/C17H22N2O3S/c1-5-18-15-11-14(19(13(3)21)8-9-22-4)6-7-16(15)23-17(18)10-12(2)20/h6-7,10-11H,5,8-9H2,1-4H3/b17-10-. The zero-order valence-corrected chi connectivity index (χ0v) is 14.8. The van der Waals surface area contributed by atoms with Crippen LogP contribution in [0.4, 0.5) is 11.4 Å². The number of ether oxygens (including phenoxy) is 1. The lowest BCUT2D eigenvalue weighted by Gasteiger charge is -2.23. The normalized spacial score (nSPS) is 15.0. The van der Waals surface area contributed by atoms with Gasteiger partial charge in [0.15, 0.2) is 5.78 Å². The summed E-state index contributed by atoms with van der Waals surface area (Å²) in [6.45, 7) is 6.91. The van der Waals surface area contributed by atoms with Crippen molar-refractivity contribution in [2.24, 2.45) is 0 Å². The highest BCUT2D eigenvalue weighted by molar-refractivity contribution is 8.03. The number of methoxy groups -OCH3 is 1. The van der Waals surface area contributed by atoms with E-state index in [1.807, 2.05) is 25.1 Å². The lowest BCUT2D eigenvalue weighted by atomic mass is 10.2. The largest absolute Gasteiger partial charge is 0.383 e. The Labute approximate surface area is 141 Å². The van der Waals surface area contributed by atoms with Crippen LogP contribution in [-0.4, -0.2) is 38.5 Å². The molecule has 0 spiro atoms. The molecule has 0 atom stereocenters. The molecule has 1 heterocycles. The number of carbonyl (C=O) groups excluding carboxylic acids is 2. The number of ketones is 1. The summed E-state index contributed by atoms with van der Waals surface area (Å²) < 4.78 is 5.08. The van der Waals surface area contributed by atoms with Crippen LogP contribution in [-0.2, 0) is 14.3 Å². The third-order valence-electron chi connectivity index (χ3n) is 3.57. The highest BCUT2D eigenvalue weighted by Crippen LogP contribution is 2.47. The molecule has 2 rings (SSSR count). The van der Waals surface area contributed by atoms with Gasteiger partial charge in [-0.05, 0) is 32.0 Å². The molecule has 5 nitrogen and oxygen atoms in total. The molecule has 0 saturated heterocycles. The summed E-state index contributed by atoms with van der Waals surface area (Å²) in [5.41, 5.74) is 1.88. The number of anilines is 2. The lowest BCUT2D eigenvalue weighted by molar-refractivity contribution is -0.116. The predicted molar refractivity (Wildman–Crippen MR) is 94.0 cm³/mol. The first-order valence-electron chi connectivity index (χ1n) is 7.56. The van der Waals surface area contributed by atoms with Gasteiger partial charge < -0.3 is 14.5 Å². The van der Waals surface area contributed by atoms with Crippen molar-refractivity contribution in [2.45, 2.75) is 25.7 Å². The molecule has 124 valence electrons. The second kappa shape index (κ2) is 7.66. The molecule has 1 aromatic rings. The highest BCUT2D eigenvalue weighted by Gasteiger charge is 2.25. The van der Waals surface area contributed by atoms with Crippen LogP contribution in [0.3, 0.4) is 0 Å². The topological polar surface area (TPSA) is 49.9 Å². The van der Waals surface area contributed by atoms with E-state index in [9.17, 15) is 9.59 Å². The van der Waals surface area contributed by atoms with Crippen LogP contribution in [0.1, 0.15) is 20.8 Å². The van der Waals surface area contributed by atoms with Gasteiger partial charge in [0, 0.05) is 43.8 Å². The zero-order chi connectivity index (χ0) is 17.0. The third kappa shape index (κ3) is 3.95. The zero-order valence-electron chi connectivity index (χ0n) is 14.0. The fourth-order valence-corrected chi connectivity index (χ4v) is 3.71. The maximum Gasteiger partial charge on any atom is 0.223 e. The van der Waals surface area contributed by atoms with Gasteiger partial charge in [0.05, 0.1) is 17.3 Å². The van der Waals surface area contributed by atoms with Crippen molar-refractivity contribution >= 4 is 34.8 Å². The SMILES string of the molecule is CCN1/C(=C/C(C)=O)Sc2ccc(N(CCOC)C(C)=O)cc21. The fourth-order valence-electron chi connectivity index (χ4n) is 2.52. The van der Waals surface area contributed by atoms with E-state index in [1.54, 1.807) is 43.7 Å². The predicted octanol–water partition coefficient (Wildman–Crippen LogP) is 3.05. The van der Waals surface area contributed by atoms with Crippen LogP contribution in [0.25, 0.3) is 0 Å². The highest BCUT2D eigenvalue weighted by atomic mass is 32.2. The van der Waals surface area contributed by atoms with E-state index in [-0.39, 0.29) is 11.7 Å². The van der Waals surface area contributed by atoms with Crippen molar-refractivity contribution in [1.29, 1.82) is 0 Å². The number of hydrogen-bond donors (Lipinski definition) is 0. The third-order valence-corrected chi connectivity index (χ3v) is 4.68. The molecule has 6 heteroatoms. The van der Waals surface area contributed by atoms with Gasteiger partial charge >= 0.3 is 0 Å². The Balaban J connectivity index is 2.36. The summed E-state index contributed by atoms with van der Waals surface area (Å²) in [5.74, 6) is 0.0136. The van der Waals surface area contributed by atoms with E-state index >= 15 is 0 Å². The number of benzene rings is 1. The average Bonchev–Trinajstić information content (AvgIpc) is 2.82. The molecule has 1 aromatic carbocycles. The molecule has 0 aliphatic carbocycles. The number of carbonyl (C=O) groups is 2. The first-order valence-corrected chi connectivity index (χ1v) is 8.38. The van der Waals surface area contributed by atoms with Gasteiger partial charge in [-0.15, -0.1) is 0 Å². The van der Waals surface area contributed by atoms with Crippen LogP contribution in [0.15, 0.2) is 34.2 Å². The number of thioether (sulfide) groups is 1. The quantitative estimate of drug-likeness (QED) is 0.749. The first-order chi connectivity index (χ1) is 11.0. The van der Waals surface area contributed by atoms with Gasteiger partial charge in [0.2, 0.25) is 5.91 Å². The molecule has 0 bridgehead atoms. The number of allylic oxidation sites excluding steroid dienone is 1. The average molecular weight is 334 g/mol. The first kappa shape index (κ1) is 17.6. The van der Waals surface area contributed by atoms with Gasteiger partial charge in [0.25, 0.3) is 0 Å². The molecular weight excluding hydrogens is 312 g/mol. The van der Waals surface area contributed by atoms with Crippen LogP contribution >= 0.6 is 11.8 Å². The van der Waals surface area contributed by atoms with Crippen molar-refractivity contribution in [3.63, 3.8) is 0 Å². The van der Waals surface area contributed by atoms with Gasteiger partial charge in [-0.1, -0.05) is 11.8 Å². The number of amides is 1. The van der Waals surface area contributed by atoms with Gasteiger partial charge in [-0.2, -0.15) is 0 Å². The Morgan fingerprint density at radius 1 is 1.35 bits per heavy atom. The van der Waals surface area contributed by atoms with Gasteiger partial charge in [-0.3, -0.25) is 9.59 Å². The molecular formula is C17H22N2O3S. The van der Waals surface area contributed by atoms with Gasteiger partial charge in [-0.25, -0.2) is 0 Å². The molecule has 0 N–H and O–H groups in total. The Morgan fingerprint density at radius 3 is 2.65 bits per heavy atom. The second-order valence-electron chi connectivity index (χ2n) is 5.26. The van der Waals surface area contributed by atoms with E-state index in [1.165, 1.54) is 0 Å². The Morgan fingerprint density at radius 2 is 2.09 bits per heavy atom. The van der Waals surface area contributed by atoms with E-state index in [0.717, 1.165) is 27.8 Å². The van der Waals surface area contributed by atoms with E-state index in [0.29, 0.717) is 13.2 Å². The Kier molecular flexibility index (Phi) is 5.85. The molecule has 1 aliphatic heterocycles. The minimum absolute atomic E-state index is 0.0183. The number of hydrogen-bond acceptors (Lipinski definition) is 5. The molecule has 1 amide bonds. The number of nitrogens with zero attached hydrogens (tertiary/aromatic N) is 2. The second-order valence-corrected chi connectivity index (χ2v) is 6.32. The van der Waals surface area contributed by atoms with Gasteiger partial charge in [0.1, 0.15) is 0 Å². The maximum absolute atomic E-state index is 11.9. The fraction of sp³-hybridized carbons (Fsp3) is 0.412. The van der Waals surface area contributed by atoms with E-state index in [4.69, 9.17) is 4.74 Å². The van der Waals surface area contributed by atoms with Crippen LogP contribution < -0.4 is 9.80 Å². The van der Waals surface area contributed by atoms with Crippen LogP contribution in [0.5, 0.6) is 0 Å². The maximum atomic E-state index is 11.9. The van der Waals surface area contributed by atoms with Crippen molar-refractivity contribution in [2.75, 3.05) is 36.6 Å². The van der Waals surface area contributed by atoms with Crippen molar-refractivity contribution in [3.8, 4) is 0 Å². The lowest BCUT2D eigenvalue weighted by Crippen LogP contribution is -2.31. The molecule has 0 saturated carbocycles. The summed E-state index contributed by atoms with van der Waals surface area (Å²) in [7, 11) is 1.62. The van der Waals surface area contributed by atoms with Crippen LogP contribution in [0.2, 0.25) is 0 Å². The molecule has 0 unspecified atom stereocenters. The molecule has 0 radical (unpaired) electrons. The summed E-state index contributed by atoms with van der Waals surface area (Å²) >= 11 is 1.58. The monoisotopic (exact) mass is 334 g/mol. The summed E-state index contributed by atoms with van der Waals surface area (Å²) in [6, 6.07) is 5.94. The summed E-state index contributed by atoms with van der Waals surface area (Å²) in [4.78, 5) is 28.2. The van der Waals surface area contributed by atoms with Crippen molar-refractivity contribution in [1.82, 2.24) is 0 Å². The number of fused-ring (bicyclic) bond motifs is 1. The van der Waals surface area contributed by atoms with Crippen LogP contribution in [0, 0.1) is 0 Å². The van der Waals surface area contributed by atoms with E-state index < -0.39 is 0 Å². The molecule has 0 fully saturated rings. The van der Waals surface area contributed by atoms with Crippen molar-refractivity contribution in [3.05, 3.63) is 29.3 Å². The van der Waals surface area contributed by atoms with Crippen molar-refractivity contribution < 1.29 is 14.3 Å². The molecule has 0 aromatic heterocycles. The minimum atomic E-state index is -0.0183. The molecule has 1 aliphatic rings. The smallest absolute Gasteiger partial charge is 0.223 e. The number of rotatable bonds is 6. The Bertz CT molecular complexity index is 643. The summed E-state index contributed by atoms with van der Waals surface area (Å²) in [5, 5.41) is 0.929. The summed E-state index contributed by atoms with van der Waals surface area (Å²) in [6.07, 6.45) is 1.65. The minimum Gasteiger partial charge on any atom is -0.383 e.